The smallest absolute Gasteiger partial charge is 0.249 e. The second-order valence-corrected chi connectivity index (χ2v) is 9.68. The monoisotopic (exact) mass is 543 g/mol. The van der Waals surface area contributed by atoms with Crippen LogP contribution in [0.25, 0.3) is 11.0 Å². The zero-order valence-electron chi connectivity index (χ0n) is 22.9. The molecule has 1 aliphatic carbocycles. The van der Waals surface area contributed by atoms with E-state index in [2.05, 4.69) is 15.6 Å². The number of carbonyl (C=O) groups excluding carboxylic acids is 2. The first-order valence-electron chi connectivity index (χ1n) is 13.3. The standard InChI is InChI=1S/C30H33N5O5/c1-38-22-13-8-12-21(18-22)35(27(36)19-34-25-16-7-6-15-24(25)32-33-34)28(30(37)31-20-10-4-5-11-20)23-14-9-17-26(39-2)29(23)40-3/h6-9,12-18,20,28H,4-5,10-11,19H2,1-3H3,(H,31,37)/t28-/m1/s1. The van der Waals surface area contributed by atoms with Crippen LogP contribution in [0.2, 0.25) is 0 Å². The molecule has 0 saturated heterocycles. The van der Waals surface area contributed by atoms with Crippen molar-refractivity contribution >= 4 is 28.5 Å². The quantitative estimate of drug-likeness (QED) is 0.318. The molecular formula is C30H33N5O5. The molecule has 40 heavy (non-hydrogen) atoms. The van der Waals surface area contributed by atoms with E-state index in [9.17, 15) is 9.59 Å². The van der Waals surface area contributed by atoms with Gasteiger partial charge in [-0.25, -0.2) is 4.68 Å². The average molecular weight is 544 g/mol. The molecule has 0 aliphatic heterocycles. The Hall–Kier alpha value is -4.60. The summed E-state index contributed by atoms with van der Waals surface area (Å²) < 4.78 is 18.3. The fourth-order valence-electron chi connectivity index (χ4n) is 5.31. The highest BCUT2D eigenvalue weighted by Gasteiger charge is 2.37. The molecule has 1 aromatic heterocycles. The van der Waals surface area contributed by atoms with Crippen molar-refractivity contribution in [2.75, 3.05) is 26.2 Å². The number of aromatic nitrogens is 3. The number of para-hydroxylation sites is 2. The Bertz CT molecular complexity index is 1500. The van der Waals surface area contributed by atoms with Crippen molar-refractivity contribution in [1.29, 1.82) is 0 Å². The highest BCUT2D eigenvalue weighted by Crippen LogP contribution is 2.40. The van der Waals surface area contributed by atoms with Gasteiger partial charge in [-0.1, -0.05) is 48.4 Å². The molecule has 10 nitrogen and oxygen atoms in total. The van der Waals surface area contributed by atoms with Crippen molar-refractivity contribution in [3.05, 3.63) is 72.3 Å². The molecule has 0 radical (unpaired) electrons. The minimum Gasteiger partial charge on any atom is -0.497 e. The van der Waals surface area contributed by atoms with E-state index < -0.39 is 6.04 Å². The molecule has 4 aromatic rings. The molecule has 10 heteroatoms. The van der Waals surface area contributed by atoms with Crippen LogP contribution in [0.4, 0.5) is 5.69 Å². The number of amides is 2. The molecule has 1 atom stereocenters. The third-order valence-electron chi connectivity index (χ3n) is 7.24. The zero-order valence-corrected chi connectivity index (χ0v) is 22.9. The fraction of sp³-hybridized carbons (Fsp3) is 0.333. The van der Waals surface area contributed by atoms with Crippen LogP contribution in [0.3, 0.4) is 0 Å². The van der Waals surface area contributed by atoms with Crippen molar-refractivity contribution < 1.29 is 23.8 Å². The van der Waals surface area contributed by atoms with Gasteiger partial charge in [-0.2, -0.15) is 0 Å². The van der Waals surface area contributed by atoms with Crippen LogP contribution in [-0.2, 0) is 16.1 Å². The van der Waals surface area contributed by atoms with Gasteiger partial charge in [0.1, 0.15) is 23.9 Å². The predicted molar refractivity (Wildman–Crippen MR) is 151 cm³/mol. The topological polar surface area (TPSA) is 108 Å². The Morgan fingerprint density at radius 1 is 0.975 bits per heavy atom. The molecule has 3 aromatic carbocycles. The lowest BCUT2D eigenvalue weighted by atomic mass is 10.00. The van der Waals surface area contributed by atoms with Gasteiger partial charge in [-0.05, 0) is 43.2 Å². The van der Waals surface area contributed by atoms with E-state index in [1.807, 2.05) is 24.3 Å². The summed E-state index contributed by atoms with van der Waals surface area (Å²) in [7, 11) is 4.62. The summed E-state index contributed by atoms with van der Waals surface area (Å²) in [4.78, 5) is 30.0. The number of nitrogens with one attached hydrogen (secondary N) is 1. The molecule has 1 fully saturated rings. The molecule has 208 valence electrons. The second-order valence-electron chi connectivity index (χ2n) is 9.68. The van der Waals surface area contributed by atoms with Gasteiger partial charge >= 0.3 is 0 Å². The van der Waals surface area contributed by atoms with Gasteiger partial charge in [0, 0.05) is 23.4 Å². The summed E-state index contributed by atoms with van der Waals surface area (Å²) in [5, 5.41) is 11.6. The van der Waals surface area contributed by atoms with Crippen LogP contribution in [0.15, 0.2) is 66.7 Å². The van der Waals surface area contributed by atoms with E-state index in [1.165, 1.54) is 19.1 Å². The molecule has 1 saturated carbocycles. The minimum absolute atomic E-state index is 0.0353. The van der Waals surface area contributed by atoms with Gasteiger partial charge < -0.3 is 19.5 Å². The number of hydrogen-bond acceptors (Lipinski definition) is 7. The van der Waals surface area contributed by atoms with Gasteiger partial charge in [0.05, 0.1) is 26.8 Å². The van der Waals surface area contributed by atoms with Crippen LogP contribution in [0.5, 0.6) is 17.2 Å². The number of rotatable bonds is 10. The Kier molecular flexibility index (Phi) is 8.14. The maximum Gasteiger partial charge on any atom is 0.249 e. The van der Waals surface area contributed by atoms with E-state index in [0.29, 0.717) is 39.5 Å². The zero-order chi connectivity index (χ0) is 28.1. The van der Waals surface area contributed by atoms with E-state index in [-0.39, 0.29) is 24.4 Å². The summed E-state index contributed by atoms with van der Waals surface area (Å²) >= 11 is 0. The summed E-state index contributed by atoms with van der Waals surface area (Å²) in [5.74, 6) is 0.718. The number of ether oxygens (including phenoxy) is 3. The number of fused-ring (bicyclic) bond motifs is 1. The molecular weight excluding hydrogens is 510 g/mol. The maximum atomic E-state index is 14.3. The largest absolute Gasteiger partial charge is 0.497 e. The number of anilines is 1. The normalized spacial score (nSPS) is 14.1. The summed E-state index contributed by atoms with van der Waals surface area (Å²) in [6.07, 6.45) is 3.89. The molecule has 0 bridgehead atoms. The van der Waals surface area contributed by atoms with Crippen molar-refractivity contribution in [2.24, 2.45) is 0 Å². The molecule has 5 rings (SSSR count). The number of methoxy groups -OCH3 is 3. The van der Waals surface area contributed by atoms with E-state index in [4.69, 9.17) is 14.2 Å². The highest BCUT2D eigenvalue weighted by molar-refractivity contribution is 6.02. The lowest BCUT2D eigenvalue weighted by Crippen LogP contribution is -2.47. The maximum absolute atomic E-state index is 14.3. The van der Waals surface area contributed by atoms with Crippen molar-refractivity contribution in [3.63, 3.8) is 0 Å². The van der Waals surface area contributed by atoms with Gasteiger partial charge in [-0.3, -0.25) is 14.5 Å². The van der Waals surface area contributed by atoms with Crippen LogP contribution < -0.4 is 24.4 Å². The summed E-state index contributed by atoms with van der Waals surface area (Å²) in [5.41, 5.74) is 2.38. The molecule has 2 amide bonds. The molecule has 0 spiro atoms. The molecule has 1 aliphatic rings. The van der Waals surface area contributed by atoms with Crippen molar-refractivity contribution in [1.82, 2.24) is 20.3 Å². The second kappa shape index (κ2) is 12.1. The minimum atomic E-state index is -1.07. The van der Waals surface area contributed by atoms with E-state index in [1.54, 1.807) is 54.3 Å². The van der Waals surface area contributed by atoms with Gasteiger partial charge in [0.15, 0.2) is 11.5 Å². The Morgan fingerprint density at radius 2 is 1.75 bits per heavy atom. The van der Waals surface area contributed by atoms with Gasteiger partial charge in [0.2, 0.25) is 11.8 Å². The fourth-order valence-corrected chi connectivity index (χ4v) is 5.31. The van der Waals surface area contributed by atoms with E-state index >= 15 is 0 Å². The van der Waals surface area contributed by atoms with Crippen LogP contribution >= 0.6 is 0 Å². The summed E-state index contributed by atoms with van der Waals surface area (Å²) in [6.45, 7) is -0.142. The number of carbonyl (C=O) groups is 2. The first-order valence-corrected chi connectivity index (χ1v) is 13.3. The van der Waals surface area contributed by atoms with Crippen molar-refractivity contribution in [3.8, 4) is 17.2 Å². The lowest BCUT2D eigenvalue weighted by molar-refractivity contribution is -0.127. The predicted octanol–water partition coefficient (Wildman–Crippen LogP) is 4.29. The number of benzene rings is 3. The third-order valence-corrected chi connectivity index (χ3v) is 7.24. The lowest BCUT2D eigenvalue weighted by Gasteiger charge is -2.33. The van der Waals surface area contributed by atoms with Gasteiger partial charge in [0.25, 0.3) is 0 Å². The first kappa shape index (κ1) is 27.0. The average Bonchev–Trinajstić information content (AvgIpc) is 3.65. The number of nitrogens with zero attached hydrogens (tertiary/aromatic N) is 4. The van der Waals surface area contributed by atoms with Crippen LogP contribution in [0, 0.1) is 0 Å². The number of hydrogen-bond donors (Lipinski definition) is 1. The molecule has 1 heterocycles. The first-order chi connectivity index (χ1) is 19.5. The van der Waals surface area contributed by atoms with E-state index in [0.717, 1.165) is 25.7 Å². The molecule has 0 unspecified atom stereocenters. The van der Waals surface area contributed by atoms with Crippen LogP contribution in [0.1, 0.15) is 37.3 Å². The Balaban J connectivity index is 1.65. The Morgan fingerprint density at radius 3 is 2.50 bits per heavy atom. The summed E-state index contributed by atoms with van der Waals surface area (Å²) in [6, 6.07) is 18.8. The Labute approximate surface area is 232 Å². The SMILES string of the molecule is COc1cccc(N(C(=O)Cn2nnc3ccccc32)[C@@H](C(=O)NC2CCCC2)c2cccc(OC)c2OC)c1. The third kappa shape index (κ3) is 5.42. The van der Waals surface area contributed by atoms with Gasteiger partial charge in [-0.15, -0.1) is 5.10 Å². The van der Waals surface area contributed by atoms with Crippen molar-refractivity contribution in [2.45, 2.75) is 44.3 Å². The molecule has 1 N–H and O–H groups in total. The highest BCUT2D eigenvalue weighted by atomic mass is 16.5. The van der Waals surface area contributed by atoms with Crippen LogP contribution in [-0.4, -0.2) is 54.2 Å².